The van der Waals surface area contributed by atoms with Gasteiger partial charge in [0.25, 0.3) is 5.91 Å². The summed E-state index contributed by atoms with van der Waals surface area (Å²) in [5, 5.41) is 7.55. The Bertz CT molecular complexity index is 1250. The Morgan fingerprint density at radius 3 is 2.78 bits per heavy atom. The van der Waals surface area contributed by atoms with Gasteiger partial charge < -0.3 is 10.6 Å². The van der Waals surface area contributed by atoms with Crippen molar-refractivity contribution in [2.75, 3.05) is 5.32 Å². The van der Waals surface area contributed by atoms with E-state index in [0.29, 0.717) is 10.2 Å². The van der Waals surface area contributed by atoms with E-state index < -0.39 is 17.6 Å². The summed E-state index contributed by atoms with van der Waals surface area (Å²) in [4.78, 5) is 29.5. The molecule has 4 aromatic rings. The first-order valence-electron chi connectivity index (χ1n) is 9.53. The monoisotopic (exact) mass is 458 g/mol. The van der Waals surface area contributed by atoms with Gasteiger partial charge in [0.1, 0.15) is 0 Å². The molecule has 0 aromatic carbocycles. The number of alkyl halides is 3. The van der Waals surface area contributed by atoms with Crippen molar-refractivity contribution in [3.05, 3.63) is 76.8 Å². The maximum atomic E-state index is 12.9. The fraction of sp³-hybridized carbons (Fsp3) is 0.190. The molecule has 0 saturated carbocycles. The van der Waals surface area contributed by atoms with Crippen molar-refractivity contribution in [3.63, 3.8) is 0 Å². The molecule has 0 radical (unpaired) electrons. The number of amides is 1. The lowest BCUT2D eigenvalue weighted by atomic mass is 10.2. The van der Waals surface area contributed by atoms with Gasteiger partial charge in [0.15, 0.2) is 5.69 Å². The Labute approximate surface area is 184 Å². The third-order valence-electron chi connectivity index (χ3n) is 4.57. The van der Waals surface area contributed by atoms with E-state index in [0.717, 1.165) is 18.0 Å². The fourth-order valence-corrected chi connectivity index (χ4v) is 3.80. The molecule has 0 spiro atoms. The van der Waals surface area contributed by atoms with Crippen LogP contribution < -0.4 is 10.6 Å². The summed E-state index contributed by atoms with van der Waals surface area (Å²) >= 11 is 1.31. The van der Waals surface area contributed by atoms with E-state index in [-0.39, 0.29) is 29.8 Å². The molecule has 32 heavy (non-hydrogen) atoms. The average Bonchev–Trinajstić information content (AvgIpc) is 3.26. The molecule has 164 valence electrons. The summed E-state index contributed by atoms with van der Waals surface area (Å²) in [5.74, 6) is -0.272. The molecule has 0 saturated heterocycles. The molecule has 1 amide bonds. The second-order valence-corrected chi connectivity index (χ2v) is 7.83. The van der Waals surface area contributed by atoms with Gasteiger partial charge >= 0.3 is 6.18 Å². The topological polar surface area (TPSA) is 92.7 Å². The maximum Gasteiger partial charge on any atom is 0.417 e. The van der Waals surface area contributed by atoms with Crippen LogP contribution in [-0.2, 0) is 12.7 Å². The highest BCUT2D eigenvalue weighted by atomic mass is 32.1. The predicted molar refractivity (Wildman–Crippen MR) is 114 cm³/mol. The van der Waals surface area contributed by atoms with Gasteiger partial charge in [-0.05, 0) is 42.1 Å². The minimum atomic E-state index is -4.51. The molecule has 0 aliphatic heterocycles. The SMILES string of the molecule is C[C@H](Nc1nc(C(=O)NCc2cncc(C(F)(F)F)c2)c2sccc2n1)c1ccccn1. The largest absolute Gasteiger partial charge is 0.417 e. The van der Waals surface area contributed by atoms with Crippen molar-refractivity contribution >= 4 is 33.4 Å². The third-order valence-corrected chi connectivity index (χ3v) is 5.48. The van der Waals surface area contributed by atoms with Gasteiger partial charge in [0.05, 0.1) is 27.5 Å². The number of carbonyl (C=O) groups is 1. The van der Waals surface area contributed by atoms with Gasteiger partial charge in [-0.3, -0.25) is 14.8 Å². The molecule has 0 fully saturated rings. The van der Waals surface area contributed by atoms with E-state index in [1.165, 1.54) is 17.5 Å². The Balaban J connectivity index is 1.54. The van der Waals surface area contributed by atoms with Gasteiger partial charge in [0.2, 0.25) is 5.95 Å². The van der Waals surface area contributed by atoms with Crippen molar-refractivity contribution in [3.8, 4) is 0 Å². The molecule has 0 aliphatic carbocycles. The fourth-order valence-electron chi connectivity index (χ4n) is 2.99. The number of anilines is 1. The van der Waals surface area contributed by atoms with Crippen LogP contribution in [0.3, 0.4) is 0 Å². The number of halogens is 3. The van der Waals surface area contributed by atoms with Gasteiger partial charge in [-0.2, -0.15) is 13.2 Å². The number of fused-ring (bicyclic) bond motifs is 1. The standard InChI is InChI=1S/C21H17F3N6OS/c1-12(15-4-2-3-6-26-15)28-20-29-16-5-7-32-18(16)17(30-20)19(31)27-10-13-8-14(11-25-9-13)21(22,23)24/h2-9,11-12H,10H2,1H3,(H,27,31)(H,28,29,30)/t12-/m0/s1. The number of rotatable bonds is 6. The second kappa shape index (κ2) is 8.87. The van der Waals surface area contributed by atoms with Crippen molar-refractivity contribution in [1.82, 2.24) is 25.3 Å². The van der Waals surface area contributed by atoms with Crippen molar-refractivity contribution in [2.24, 2.45) is 0 Å². The number of nitrogens with zero attached hydrogens (tertiary/aromatic N) is 4. The van der Waals surface area contributed by atoms with Crippen LogP contribution in [0.15, 0.2) is 54.3 Å². The quantitative estimate of drug-likeness (QED) is 0.439. The predicted octanol–water partition coefficient (Wildman–Crippen LogP) is 4.60. The number of thiophene rings is 1. The summed E-state index contributed by atoms with van der Waals surface area (Å²) in [6, 6.07) is 8.05. The van der Waals surface area contributed by atoms with Crippen LogP contribution in [0.2, 0.25) is 0 Å². The van der Waals surface area contributed by atoms with Crippen LogP contribution in [0.5, 0.6) is 0 Å². The number of nitrogens with one attached hydrogen (secondary N) is 2. The van der Waals surface area contributed by atoms with Gasteiger partial charge in [-0.15, -0.1) is 11.3 Å². The highest BCUT2D eigenvalue weighted by Crippen LogP contribution is 2.29. The van der Waals surface area contributed by atoms with E-state index >= 15 is 0 Å². The van der Waals surface area contributed by atoms with E-state index in [9.17, 15) is 18.0 Å². The van der Waals surface area contributed by atoms with Crippen LogP contribution in [-0.4, -0.2) is 25.8 Å². The van der Waals surface area contributed by atoms with Crippen LogP contribution in [0.1, 0.15) is 40.3 Å². The maximum absolute atomic E-state index is 12.9. The molecular formula is C21H17F3N6OS. The number of hydrogen-bond acceptors (Lipinski definition) is 7. The molecule has 4 heterocycles. The summed E-state index contributed by atoms with van der Waals surface area (Å²) in [7, 11) is 0. The zero-order valence-corrected chi connectivity index (χ0v) is 17.5. The zero-order chi connectivity index (χ0) is 22.7. The molecule has 0 bridgehead atoms. The first kappa shape index (κ1) is 21.6. The van der Waals surface area contributed by atoms with Crippen molar-refractivity contribution < 1.29 is 18.0 Å². The summed E-state index contributed by atoms with van der Waals surface area (Å²) < 4.78 is 39.2. The molecule has 7 nitrogen and oxygen atoms in total. The van der Waals surface area contributed by atoms with Crippen LogP contribution in [0, 0.1) is 0 Å². The van der Waals surface area contributed by atoms with Gasteiger partial charge in [-0.25, -0.2) is 9.97 Å². The normalized spacial score (nSPS) is 12.5. The molecule has 0 aliphatic rings. The molecule has 2 N–H and O–H groups in total. The van der Waals surface area contributed by atoms with E-state index in [2.05, 4.69) is 30.6 Å². The molecule has 0 unspecified atom stereocenters. The Morgan fingerprint density at radius 2 is 2.03 bits per heavy atom. The van der Waals surface area contributed by atoms with E-state index in [4.69, 9.17) is 0 Å². The Kier molecular flexibility index (Phi) is 5.99. The van der Waals surface area contributed by atoms with Gasteiger partial charge in [-0.1, -0.05) is 6.07 Å². The second-order valence-electron chi connectivity index (χ2n) is 6.91. The first-order chi connectivity index (χ1) is 15.3. The van der Waals surface area contributed by atoms with Crippen molar-refractivity contribution in [1.29, 1.82) is 0 Å². The van der Waals surface area contributed by atoms with Crippen LogP contribution in [0.25, 0.3) is 10.2 Å². The summed E-state index contributed by atoms with van der Waals surface area (Å²) in [6.07, 6.45) is -0.810. The van der Waals surface area contributed by atoms with E-state index in [1.54, 1.807) is 17.6 Å². The average molecular weight is 458 g/mol. The lowest BCUT2D eigenvalue weighted by Gasteiger charge is -2.14. The van der Waals surface area contributed by atoms with Crippen LogP contribution in [0.4, 0.5) is 19.1 Å². The van der Waals surface area contributed by atoms with Crippen LogP contribution >= 0.6 is 11.3 Å². The highest BCUT2D eigenvalue weighted by Gasteiger charge is 2.31. The summed E-state index contributed by atoms with van der Waals surface area (Å²) in [5.41, 5.74) is 0.866. The lowest BCUT2D eigenvalue weighted by molar-refractivity contribution is -0.137. The van der Waals surface area contributed by atoms with Crippen molar-refractivity contribution in [2.45, 2.75) is 25.7 Å². The summed E-state index contributed by atoms with van der Waals surface area (Å²) in [6.45, 7) is 1.77. The molecule has 11 heteroatoms. The van der Waals surface area contributed by atoms with E-state index in [1.807, 2.05) is 25.1 Å². The molecular weight excluding hydrogens is 441 g/mol. The number of aromatic nitrogens is 4. The lowest BCUT2D eigenvalue weighted by Crippen LogP contribution is -2.25. The molecule has 1 atom stereocenters. The first-order valence-corrected chi connectivity index (χ1v) is 10.4. The molecule has 4 aromatic heterocycles. The number of carbonyl (C=O) groups excluding carboxylic acids is 1. The Hall–Kier alpha value is -3.60. The number of pyridine rings is 2. The smallest absolute Gasteiger partial charge is 0.347 e. The highest BCUT2D eigenvalue weighted by molar-refractivity contribution is 7.17. The zero-order valence-electron chi connectivity index (χ0n) is 16.7. The number of hydrogen-bond donors (Lipinski definition) is 2. The minimum absolute atomic E-state index is 0.125. The molecule has 4 rings (SSSR count). The Morgan fingerprint density at radius 1 is 1.19 bits per heavy atom. The third kappa shape index (κ3) is 4.83. The minimum Gasteiger partial charge on any atom is -0.347 e. The van der Waals surface area contributed by atoms with Gasteiger partial charge in [0, 0.05) is 25.1 Å².